The molecule has 3 nitrogen and oxygen atoms in total. The van der Waals surface area contributed by atoms with Crippen LogP contribution in [0.25, 0.3) is 0 Å². The van der Waals surface area contributed by atoms with Crippen LogP contribution in [0.5, 0.6) is 0 Å². The Morgan fingerprint density at radius 3 is 2.50 bits per heavy atom. The normalized spacial score (nSPS) is 16.6. The molecule has 1 aromatic rings. The third-order valence-electron chi connectivity index (χ3n) is 3.41. The van der Waals surface area contributed by atoms with Crippen LogP contribution in [0.4, 0.5) is 0 Å². The monoisotopic (exact) mass is 316 g/mol. The first-order chi connectivity index (χ1) is 9.25. The summed E-state index contributed by atoms with van der Waals surface area (Å²) in [6.45, 7) is 5.97. The van der Waals surface area contributed by atoms with Gasteiger partial charge in [0, 0.05) is 11.6 Å². The summed E-state index contributed by atoms with van der Waals surface area (Å²) < 4.78 is 0. The van der Waals surface area contributed by atoms with E-state index in [1.807, 2.05) is 31.2 Å². The van der Waals surface area contributed by atoms with Gasteiger partial charge in [0.05, 0.1) is 5.71 Å². The number of rotatable bonds is 5. The second kappa shape index (κ2) is 9.22. The van der Waals surface area contributed by atoms with Gasteiger partial charge in [-0.3, -0.25) is 4.90 Å². The minimum Gasteiger partial charge on any atom is -0.394 e. The summed E-state index contributed by atoms with van der Waals surface area (Å²) in [6.07, 6.45) is 3.99. The first-order valence-electron chi connectivity index (χ1n) is 6.90. The standard InChI is InChI=1S/C15H21ClN2O.ClH/c1-13(14-5-7-15(16)8-6-14)17-19-12-11-18-9-3-2-4-10-18;/h5-8H,2-4,9-12H2,1H3;1H. The average molecular weight is 317 g/mol. The molecule has 1 aliphatic rings. The Labute approximate surface area is 132 Å². The van der Waals surface area contributed by atoms with E-state index in [4.69, 9.17) is 16.4 Å². The fraction of sp³-hybridized carbons (Fsp3) is 0.533. The molecular weight excluding hydrogens is 295 g/mol. The summed E-state index contributed by atoms with van der Waals surface area (Å²) in [4.78, 5) is 7.84. The van der Waals surface area contributed by atoms with E-state index in [2.05, 4.69) is 10.1 Å². The van der Waals surface area contributed by atoms with Crippen molar-refractivity contribution in [1.82, 2.24) is 4.90 Å². The maximum absolute atomic E-state index is 5.85. The SMILES string of the molecule is CC(=NOCCN1CCCCC1)c1ccc(Cl)cc1.Cl. The average Bonchev–Trinajstić information content (AvgIpc) is 2.45. The van der Waals surface area contributed by atoms with E-state index in [0.717, 1.165) is 22.8 Å². The van der Waals surface area contributed by atoms with Crippen LogP contribution in [0.1, 0.15) is 31.7 Å². The molecule has 1 fully saturated rings. The number of nitrogens with zero attached hydrogens (tertiary/aromatic N) is 2. The van der Waals surface area contributed by atoms with Crippen LogP contribution in [0.2, 0.25) is 5.02 Å². The Balaban J connectivity index is 0.00000200. The molecule has 0 spiro atoms. The van der Waals surface area contributed by atoms with Crippen LogP contribution >= 0.6 is 24.0 Å². The summed E-state index contributed by atoms with van der Waals surface area (Å²) in [7, 11) is 0. The largest absolute Gasteiger partial charge is 0.394 e. The Kier molecular flexibility index (Phi) is 7.97. The highest BCUT2D eigenvalue weighted by Crippen LogP contribution is 2.11. The van der Waals surface area contributed by atoms with Gasteiger partial charge in [-0.2, -0.15) is 0 Å². The minimum absolute atomic E-state index is 0. The molecule has 0 amide bonds. The fourth-order valence-corrected chi connectivity index (χ4v) is 2.37. The molecule has 20 heavy (non-hydrogen) atoms. The van der Waals surface area contributed by atoms with Crippen molar-refractivity contribution in [2.75, 3.05) is 26.2 Å². The molecule has 1 saturated heterocycles. The lowest BCUT2D eigenvalue weighted by molar-refractivity contribution is 0.102. The van der Waals surface area contributed by atoms with Crippen molar-refractivity contribution in [2.24, 2.45) is 5.16 Å². The zero-order valence-corrected chi connectivity index (χ0v) is 13.4. The molecule has 0 N–H and O–H groups in total. The second-order valence-corrected chi connectivity index (χ2v) is 5.36. The van der Waals surface area contributed by atoms with Crippen molar-refractivity contribution >= 4 is 29.7 Å². The molecule has 0 aliphatic carbocycles. The first kappa shape index (κ1) is 17.3. The van der Waals surface area contributed by atoms with Gasteiger partial charge in [0.15, 0.2) is 0 Å². The van der Waals surface area contributed by atoms with Gasteiger partial charge >= 0.3 is 0 Å². The van der Waals surface area contributed by atoms with Crippen molar-refractivity contribution in [2.45, 2.75) is 26.2 Å². The maximum atomic E-state index is 5.85. The smallest absolute Gasteiger partial charge is 0.129 e. The fourth-order valence-electron chi connectivity index (χ4n) is 2.24. The molecule has 5 heteroatoms. The Hall–Kier alpha value is -0.770. The number of likely N-dealkylation sites (tertiary alicyclic amines) is 1. The van der Waals surface area contributed by atoms with E-state index in [0.29, 0.717) is 6.61 Å². The second-order valence-electron chi connectivity index (χ2n) is 4.92. The molecule has 112 valence electrons. The van der Waals surface area contributed by atoms with Crippen LogP contribution < -0.4 is 0 Å². The van der Waals surface area contributed by atoms with Gasteiger partial charge < -0.3 is 4.84 Å². The van der Waals surface area contributed by atoms with E-state index >= 15 is 0 Å². The predicted molar refractivity (Wildman–Crippen MR) is 87.2 cm³/mol. The van der Waals surface area contributed by atoms with Crippen LogP contribution in [0.15, 0.2) is 29.4 Å². The predicted octanol–water partition coefficient (Wildman–Crippen LogP) is 3.99. The Morgan fingerprint density at radius 2 is 1.85 bits per heavy atom. The van der Waals surface area contributed by atoms with Crippen LogP contribution in [0.3, 0.4) is 0 Å². The first-order valence-corrected chi connectivity index (χ1v) is 7.28. The minimum atomic E-state index is 0. The Morgan fingerprint density at radius 1 is 1.20 bits per heavy atom. The van der Waals surface area contributed by atoms with E-state index < -0.39 is 0 Å². The number of piperidine rings is 1. The number of benzene rings is 1. The Bertz CT molecular complexity index is 414. The molecule has 0 bridgehead atoms. The van der Waals surface area contributed by atoms with Crippen LogP contribution in [-0.4, -0.2) is 36.9 Å². The lowest BCUT2D eigenvalue weighted by atomic mass is 10.1. The summed E-state index contributed by atoms with van der Waals surface area (Å²) in [5.41, 5.74) is 1.93. The summed E-state index contributed by atoms with van der Waals surface area (Å²) in [5.74, 6) is 0. The molecule has 0 unspecified atom stereocenters. The van der Waals surface area contributed by atoms with Gasteiger partial charge in [0.25, 0.3) is 0 Å². The van der Waals surface area contributed by atoms with Crippen LogP contribution in [0, 0.1) is 0 Å². The number of hydrogen-bond donors (Lipinski definition) is 0. The lowest BCUT2D eigenvalue weighted by Crippen LogP contribution is -2.32. The highest BCUT2D eigenvalue weighted by Gasteiger charge is 2.09. The van der Waals surface area contributed by atoms with Crippen molar-refractivity contribution in [3.8, 4) is 0 Å². The number of oxime groups is 1. The number of halogens is 2. The molecule has 0 aromatic heterocycles. The molecule has 0 saturated carbocycles. The molecule has 0 radical (unpaired) electrons. The summed E-state index contributed by atoms with van der Waals surface area (Å²) in [6, 6.07) is 7.64. The molecule has 1 heterocycles. The zero-order chi connectivity index (χ0) is 13.5. The highest BCUT2D eigenvalue weighted by atomic mass is 35.5. The van der Waals surface area contributed by atoms with E-state index in [9.17, 15) is 0 Å². The molecule has 1 aromatic carbocycles. The summed E-state index contributed by atoms with van der Waals surface area (Å²) in [5, 5.41) is 4.89. The molecule has 2 rings (SSSR count). The lowest BCUT2D eigenvalue weighted by Gasteiger charge is -2.25. The zero-order valence-electron chi connectivity index (χ0n) is 11.8. The summed E-state index contributed by atoms with van der Waals surface area (Å²) >= 11 is 5.85. The van der Waals surface area contributed by atoms with Crippen molar-refractivity contribution in [3.05, 3.63) is 34.9 Å². The van der Waals surface area contributed by atoms with E-state index in [-0.39, 0.29) is 12.4 Å². The van der Waals surface area contributed by atoms with Gasteiger partial charge in [-0.15, -0.1) is 12.4 Å². The molecule has 1 aliphatic heterocycles. The number of hydrogen-bond acceptors (Lipinski definition) is 3. The quantitative estimate of drug-likeness (QED) is 0.466. The maximum Gasteiger partial charge on any atom is 0.129 e. The van der Waals surface area contributed by atoms with Crippen LogP contribution in [-0.2, 0) is 4.84 Å². The van der Waals surface area contributed by atoms with Gasteiger partial charge in [-0.25, -0.2) is 0 Å². The van der Waals surface area contributed by atoms with Gasteiger partial charge in [0.1, 0.15) is 6.61 Å². The highest BCUT2D eigenvalue weighted by molar-refractivity contribution is 6.30. The van der Waals surface area contributed by atoms with Crippen molar-refractivity contribution < 1.29 is 4.84 Å². The van der Waals surface area contributed by atoms with Crippen molar-refractivity contribution in [3.63, 3.8) is 0 Å². The van der Waals surface area contributed by atoms with Crippen molar-refractivity contribution in [1.29, 1.82) is 0 Å². The third-order valence-corrected chi connectivity index (χ3v) is 3.66. The molecule has 0 atom stereocenters. The topological polar surface area (TPSA) is 24.8 Å². The third kappa shape index (κ3) is 5.70. The van der Waals surface area contributed by atoms with E-state index in [1.54, 1.807) is 0 Å². The van der Waals surface area contributed by atoms with E-state index in [1.165, 1.54) is 32.4 Å². The van der Waals surface area contributed by atoms with Gasteiger partial charge in [0.2, 0.25) is 0 Å². The van der Waals surface area contributed by atoms with Gasteiger partial charge in [-0.1, -0.05) is 35.3 Å². The van der Waals surface area contributed by atoms with Gasteiger partial charge in [-0.05, 0) is 50.6 Å². The molecular formula is C15H22Cl2N2O.